The van der Waals surface area contributed by atoms with Crippen LogP contribution in [0.15, 0.2) is 22.8 Å². The van der Waals surface area contributed by atoms with Gasteiger partial charge in [-0.1, -0.05) is 0 Å². The summed E-state index contributed by atoms with van der Waals surface area (Å²) >= 11 is 0. The molecular weight excluding hydrogens is 248 g/mol. The number of aldehydes is 1. The van der Waals surface area contributed by atoms with Gasteiger partial charge in [-0.05, 0) is 32.9 Å². The van der Waals surface area contributed by atoms with Crippen molar-refractivity contribution in [3.8, 4) is 17.2 Å². The van der Waals surface area contributed by atoms with E-state index in [1.165, 1.54) is 6.26 Å². The maximum absolute atomic E-state index is 9.77. The van der Waals surface area contributed by atoms with Gasteiger partial charge in [-0.25, -0.2) is 0 Å². The Morgan fingerprint density at radius 1 is 0.947 bits per heavy atom. The summed E-state index contributed by atoms with van der Waals surface area (Å²) in [6.45, 7) is 4.80. The molecule has 0 fully saturated rings. The Morgan fingerprint density at radius 3 is 1.58 bits per heavy atom. The summed E-state index contributed by atoms with van der Waals surface area (Å²) in [7, 11) is 0. The Balaban J connectivity index is 0.000000218. The van der Waals surface area contributed by atoms with Crippen LogP contribution in [-0.4, -0.2) is 21.6 Å². The average Bonchev–Trinajstić information content (AvgIpc) is 2.95. The number of phenolic OH excluding ortho intramolecular Hbond substituents is 3. The summed E-state index contributed by atoms with van der Waals surface area (Å²) in [5.41, 5.74) is 1.22. The lowest BCUT2D eigenvalue weighted by Gasteiger charge is -2.10. The lowest BCUT2D eigenvalue weighted by atomic mass is 10.0. The Bertz CT molecular complexity index is 465. The predicted octanol–water partition coefficient (Wildman–Crippen LogP) is 2.82. The van der Waals surface area contributed by atoms with Crippen molar-refractivity contribution >= 4 is 6.29 Å². The van der Waals surface area contributed by atoms with Crippen LogP contribution < -0.4 is 0 Å². The summed E-state index contributed by atoms with van der Waals surface area (Å²) < 4.78 is 4.61. The molecule has 3 N–H and O–H groups in total. The summed E-state index contributed by atoms with van der Waals surface area (Å²) in [5, 5.41) is 28.1. The number of aromatic hydroxyl groups is 3. The summed E-state index contributed by atoms with van der Waals surface area (Å²) in [6, 6.07) is 3.27. The number of phenols is 3. The first kappa shape index (κ1) is 14.6. The lowest BCUT2D eigenvalue weighted by molar-refractivity contribution is 0.110. The molecule has 0 aliphatic rings. The number of carbonyl (C=O) groups excluding carboxylic acids is 1. The molecule has 5 nitrogen and oxygen atoms in total. The van der Waals surface area contributed by atoms with E-state index in [2.05, 4.69) is 4.42 Å². The molecule has 1 heterocycles. The highest BCUT2D eigenvalue weighted by molar-refractivity contribution is 5.69. The van der Waals surface area contributed by atoms with Crippen LogP contribution in [0.1, 0.15) is 27.2 Å². The number of hydrogen-bond donors (Lipinski definition) is 3. The third-order valence-corrected chi connectivity index (χ3v) is 2.79. The largest absolute Gasteiger partial charge is 0.507 e. The van der Waals surface area contributed by atoms with Crippen molar-refractivity contribution in [1.29, 1.82) is 0 Å². The van der Waals surface area contributed by atoms with E-state index >= 15 is 0 Å². The highest BCUT2D eigenvalue weighted by Gasteiger charge is 2.14. The van der Waals surface area contributed by atoms with Gasteiger partial charge in [-0.15, -0.1) is 0 Å². The fourth-order valence-corrected chi connectivity index (χ4v) is 1.54. The Hall–Kier alpha value is -2.43. The maximum atomic E-state index is 9.77. The van der Waals surface area contributed by atoms with Crippen LogP contribution in [0.25, 0.3) is 0 Å². The van der Waals surface area contributed by atoms with Crippen molar-refractivity contribution in [3.05, 3.63) is 40.8 Å². The van der Waals surface area contributed by atoms with Gasteiger partial charge >= 0.3 is 0 Å². The van der Waals surface area contributed by atoms with Crippen molar-refractivity contribution in [2.24, 2.45) is 0 Å². The molecule has 19 heavy (non-hydrogen) atoms. The lowest BCUT2D eigenvalue weighted by Crippen LogP contribution is -1.87. The molecule has 102 valence electrons. The van der Waals surface area contributed by atoms with Crippen molar-refractivity contribution < 1.29 is 24.5 Å². The summed E-state index contributed by atoms with van der Waals surface area (Å²) in [5.74, 6) is 0.238. The van der Waals surface area contributed by atoms with Crippen molar-refractivity contribution in [1.82, 2.24) is 0 Å². The number of hydrogen-bond acceptors (Lipinski definition) is 5. The van der Waals surface area contributed by atoms with Crippen LogP contribution >= 0.6 is 0 Å². The first-order valence-electron chi connectivity index (χ1n) is 5.59. The van der Waals surface area contributed by atoms with E-state index in [1.54, 1.807) is 32.9 Å². The minimum absolute atomic E-state index is 0.0457. The minimum atomic E-state index is -0.0457. The first-order valence-corrected chi connectivity index (χ1v) is 5.59. The number of furan rings is 1. The van der Waals surface area contributed by atoms with Gasteiger partial charge in [-0.3, -0.25) is 4.79 Å². The molecule has 0 aliphatic heterocycles. The molecular formula is C14H16O5. The van der Waals surface area contributed by atoms with Crippen LogP contribution in [0.3, 0.4) is 0 Å². The van der Waals surface area contributed by atoms with Gasteiger partial charge in [-0.2, -0.15) is 0 Å². The molecule has 0 saturated heterocycles. The van der Waals surface area contributed by atoms with E-state index in [-0.39, 0.29) is 17.2 Å². The fraction of sp³-hybridized carbons (Fsp3) is 0.214. The van der Waals surface area contributed by atoms with E-state index in [1.807, 2.05) is 0 Å². The second-order valence-electron chi connectivity index (χ2n) is 4.05. The van der Waals surface area contributed by atoms with Gasteiger partial charge < -0.3 is 19.7 Å². The maximum Gasteiger partial charge on any atom is 0.185 e. The SMILES string of the molecule is Cc1c(O)c(C)c(O)c(C)c1O.O=Cc1ccco1. The van der Waals surface area contributed by atoms with Crippen LogP contribution in [0.2, 0.25) is 0 Å². The molecule has 0 aliphatic carbocycles. The standard InChI is InChI=1S/C9H12O3.C5H4O2/c1-4-7(10)5(2)9(12)6(3)8(4)11;6-4-5-2-1-3-7-5/h10-12H,1-3H3;1-4H. The highest BCUT2D eigenvalue weighted by Crippen LogP contribution is 2.39. The molecule has 0 spiro atoms. The topological polar surface area (TPSA) is 90.9 Å². The monoisotopic (exact) mass is 264 g/mol. The zero-order valence-electron chi connectivity index (χ0n) is 11.0. The molecule has 0 saturated carbocycles. The van der Waals surface area contributed by atoms with E-state index in [9.17, 15) is 20.1 Å². The van der Waals surface area contributed by atoms with Gasteiger partial charge in [0.15, 0.2) is 12.0 Å². The third kappa shape index (κ3) is 3.07. The quantitative estimate of drug-likeness (QED) is 0.689. The van der Waals surface area contributed by atoms with Crippen molar-refractivity contribution in [2.45, 2.75) is 20.8 Å². The van der Waals surface area contributed by atoms with Crippen LogP contribution in [0.5, 0.6) is 17.2 Å². The molecule has 5 heteroatoms. The van der Waals surface area contributed by atoms with Crippen LogP contribution in [0.4, 0.5) is 0 Å². The van der Waals surface area contributed by atoms with Gasteiger partial charge in [0, 0.05) is 16.7 Å². The fourth-order valence-electron chi connectivity index (χ4n) is 1.54. The van der Waals surface area contributed by atoms with Crippen molar-refractivity contribution in [2.75, 3.05) is 0 Å². The molecule has 1 aromatic carbocycles. The van der Waals surface area contributed by atoms with E-state index in [0.29, 0.717) is 28.7 Å². The predicted molar refractivity (Wildman–Crippen MR) is 69.7 cm³/mol. The number of carbonyl (C=O) groups is 1. The highest BCUT2D eigenvalue weighted by atomic mass is 16.3. The summed E-state index contributed by atoms with van der Waals surface area (Å²) in [4.78, 5) is 9.77. The molecule has 0 radical (unpaired) electrons. The normalized spacial score (nSPS) is 9.63. The van der Waals surface area contributed by atoms with E-state index < -0.39 is 0 Å². The second-order valence-corrected chi connectivity index (χ2v) is 4.05. The van der Waals surface area contributed by atoms with Crippen LogP contribution in [0, 0.1) is 20.8 Å². The van der Waals surface area contributed by atoms with Gasteiger partial charge in [0.1, 0.15) is 17.2 Å². The second kappa shape index (κ2) is 5.95. The molecule has 0 bridgehead atoms. The smallest absolute Gasteiger partial charge is 0.185 e. The van der Waals surface area contributed by atoms with Gasteiger partial charge in [0.05, 0.1) is 6.26 Å². The van der Waals surface area contributed by atoms with E-state index in [4.69, 9.17) is 0 Å². The van der Waals surface area contributed by atoms with E-state index in [0.717, 1.165) is 0 Å². The molecule has 2 rings (SSSR count). The zero-order chi connectivity index (χ0) is 14.6. The average molecular weight is 264 g/mol. The van der Waals surface area contributed by atoms with Gasteiger partial charge in [0.2, 0.25) is 0 Å². The molecule has 0 unspecified atom stereocenters. The molecule has 0 amide bonds. The molecule has 2 aromatic rings. The Morgan fingerprint density at radius 2 is 1.37 bits per heavy atom. The van der Waals surface area contributed by atoms with Crippen molar-refractivity contribution in [3.63, 3.8) is 0 Å². The summed E-state index contributed by atoms with van der Waals surface area (Å²) in [6.07, 6.45) is 2.13. The minimum Gasteiger partial charge on any atom is -0.507 e. The number of rotatable bonds is 1. The number of benzene rings is 1. The molecule has 0 atom stereocenters. The molecule has 1 aromatic heterocycles. The zero-order valence-corrected chi connectivity index (χ0v) is 11.0. The Kier molecular flexibility index (Phi) is 4.58. The Labute approximate surface area is 110 Å². The third-order valence-electron chi connectivity index (χ3n) is 2.79. The van der Waals surface area contributed by atoms with Gasteiger partial charge in [0.25, 0.3) is 0 Å². The first-order chi connectivity index (χ1) is 8.90. The van der Waals surface area contributed by atoms with Crippen LogP contribution in [-0.2, 0) is 0 Å².